The summed E-state index contributed by atoms with van der Waals surface area (Å²) in [6, 6.07) is 9.10. The van der Waals surface area contributed by atoms with Crippen molar-refractivity contribution >= 4 is 22.7 Å². The normalized spacial score (nSPS) is 31.3. The number of carboxylic acids is 1. The molecule has 2 aromatic rings. The number of hydrogen-bond acceptors (Lipinski definition) is 7. The highest BCUT2D eigenvalue weighted by atomic mass is 16.6. The number of oxime groups is 1. The maximum atomic E-state index is 14.0. The van der Waals surface area contributed by atoms with Gasteiger partial charge in [-0.3, -0.25) is 9.69 Å². The van der Waals surface area contributed by atoms with E-state index in [4.69, 9.17) is 9.57 Å². The highest BCUT2D eigenvalue weighted by Gasteiger charge is 2.47. The first-order valence-corrected chi connectivity index (χ1v) is 14.7. The lowest BCUT2D eigenvalue weighted by molar-refractivity contribution is -0.129. The zero-order valence-electron chi connectivity index (χ0n) is 22.8. The first-order chi connectivity index (χ1) is 19.0. The number of ether oxygens (including phenoxy) is 1. The average Bonchev–Trinajstić information content (AvgIpc) is 3.08. The molecule has 6 rings (SSSR count). The van der Waals surface area contributed by atoms with Crippen LogP contribution in [0.1, 0.15) is 82.4 Å². The average molecular weight is 537 g/mol. The van der Waals surface area contributed by atoms with Gasteiger partial charge in [0, 0.05) is 31.3 Å². The summed E-state index contributed by atoms with van der Waals surface area (Å²) in [7, 11) is 1.52. The Kier molecular flexibility index (Phi) is 7.71. The first-order valence-electron chi connectivity index (χ1n) is 14.7. The van der Waals surface area contributed by atoms with Gasteiger partial charge in [-0.15, -0.1) is 0 Å². The van der Waals surface area contributed by atoms with Gasteiger partial charge < -0.3 is 19.2 Å². The van der Waals surface area contributed by atoms with Crippen LogP contribution in [-0.4, -0.2) is 69.7 Å². The summed E-state index contributed by atoms with van der Waals surface area (Å²) in [6.45, 7) is 0.343. The first kappa shape index (κ1) is 26.4. The Bertz CT molecular complexity index is 1260. The highest BCUT2D eigenvalue weighted by Crippen LogP contribution is 2.47. The fraction of sp³-hybridized carbons (Fsp3) is 0.667. The molecule has 1 N–H and O–H groups in total. The molecule has 0 amide bonds. The van der Waals surface area contributed by atoms with Crippen molar-refractivity contribution in [3.05, 3.63) is 40.3 Å². The molecule has 210 valence electrons. The van der Waals surface area contributed by atoms with Gasteiger partial charge in [-0.1, -0.05) is 43.0 Å². The van der Waals surface area contributed by atoms with E-state index in [-0.39, 0.29) is 24.9 Å². The molecule has 4 bridgehead atoms. The van der Waals surface area contributed by atoms with Crippen molar-refractivity contribution in [2.45, 2.75) is 94.8 Å². The SMILES string of the molecule is COCCO/N=C(\C(=O)O)c1nc2ccccc2n([C@H]2C[C@H]3CC[C@@H](C2)N3[C@@H]2C[C@@H]3CCCC[C@@H](C3)C2)c1=O. The summed E-state index contributed by atoms with van der Waals surface area (Å²) in [5.41, 5.74) is 0.277. The lowest BCUT2D eigenvalue weighted by atomic mass is 9.76. The van der Waals surface area contributed by atoms with Crippen LogP contribution in [0.25, 0.3) is 11.0 Å². The standard InChI is InChI=1S/C30H40N4O5/c1-38-12-13-39-32-28(30(36)37)27-29(35)34(26-9-5-4-8-25(26)31-27)24-17-21-10-11-22(18-24)33(21)23-15-19-6-2-3-7-20(14-19)16-23/h4-5,8-9,19-24H,2-3,6-7,10-18H2,1H3,(H,36,37)/b32-28-/t19-,20+,21-,22+,23-,24+. The monoisotopic (exact) mass is 536 g/mol. The Balaban J connectivity index is 1.32. The molecule has 9 heteroatoms. The third-order valence-electron chi connectivity index (χ3n) is 9.66. The second-order valence-electron chi connectivity index (χ2n) is 12.0. The van der Waals surface area contributed by atoms with E-state index in [1.807, 2.05) is 28.8 Å². The minimum absolute atomic E-state index is 0.00628. The molecule has 2 aliphatic carbocycles. The lowest BCUT2D eigenvalue weighted by Crippen LogP contribution is -2.52. The number of carbonyl (C=O) groups is 1. The minimum Gasteiger partial charge on any atom is -0.476 e. The van der Waals surface area contributed by atoms with E-state index in [0.717, 1.165) is 30.2 Å². The van der Waals surface area contributed by atoms with Crippen molar-refractivity contribution in [3.63, 3.8) is 0 Å². The number of benzene rings is 1. The number of fused-ring (bicyclic) bond motifs is 5. The number of methoxy groups -OCH3 is 1. The van der Waals surface area contributed by atoms with Gasteiger partial charge in [0.1, 0.15) is 6.61 Å². The maximum Gasteiger partial charge on any atom is 0.360 e. The molecule has 6 atom stereocenters. The molecule has 9 nitrogen and oxygen atoms in total. The fourth-order valence-corrected chi connectivity index (χ4v) is 8.19. The van der Waals surface area contributed by atoms with Crippen LogP contribution in [0.3, 0.4) is 0 Å². The number of piperidine rings is 1. The molecule has 2 saturated heterocycles. The Labute approximate surface area is 229 Å². The van der Waals surface area contributed by atoms with Gasteiger partial charge in [0.05, 0.1) is 17.6 Å². The highest BCUT2D eigenvalue weighted by molar-refractivity contribution is 6.41. The van der Waals surface area contributed by atoms with E-state index < -0.39 is 17.2 Å². The van der Waals surface area contributed by atoms with Gasteiger partial charge in [0.15, 0.2) is 5.69 Å². The summed E-state index contributed by atoms with van der Waals surface area (Å²) in [6.07, 6.45) is 13.8. The van der Waals surface area contributed by atoms with Crippen LogP contribution in [0.5, 0.6) is 0 Å². The number of rotatable bonds is 8. The lowest BCUT2D eigenvalue weighted by Gasteiger charge is -2.48. The Morgan fingerprint density at radius 1 is 0.949 bits per heavy atom. The van der Waals surface area contributed by atoms with Gasteiger partial charge >= 0.3 is 5.97 Å². The minimum atomic E-state index is -1.34. The van der Waals surface area contributed by atoms with Crippen molar-refractivity contribution in [1.29, 1.82) is 0 Å². The van der Waals surface area contributed by atoms with E-state index in [9.17, 15) is 14.7 Å². The number of nitrogens with zero attached hydrogens (tertiary/aromatic N) is 4. The van der Waals surface area contributed by atoms with E-state index in [0.29, 0.717) is 23.6 Å². The molecule has 2 aliphatic heterocycles. The van der Waals surface area contributed by atoms with E-state index >= 15 is 0 Å². The summed E-state index contributed by atoms with van der Waals surface area (Å²) in [4.78, 5) is 38.6. The Hall–Kier alpha value is -2.78. The van der Waals surface area contributed by atoms with Gasteiger partial charge in [-0.05, 0) is 68.9 Å². The van der Waals surface area contributed by atoms with Crippen LogP contribution >= 0.6 is 0 Å². The van der Waals surface area contributed by atoms with Crippen molar-refractivity contribution in [3.8, 4) is 0 Å². The van der Waals surface area contributed by atoms with E-state index in [1.165, 1.54) is 64.9 Å². The topological polar surface area (TPSA) is 106 Å². The fourth-order valence-electron chi connectivity index (χ4n) is 8.19. The molecule has 0 radical (unpaired) electrons. The van der Waals surface area contributed by atoms with Crippen LogP contribution in [0, 0.1) is 11.8 Å². The van der Waals surface area contributed by atoms with Gasteiger partial charge in [0.2, 0.25) is 5.71 Å². The predicted octanol–water partition coefficient (Wildman–Crippen LogP) is 4.38. The number of aliphatic carboxylic acids is 1. The van der Waals surface area contributed by atoms with Crippen LogP contribution in [-0.2, 0) is 14.4 Å². The number of aromatic nitrogens is 2. The molecule has 2 saturated carbocycles. The Morgan fingerprint density at radius 3 is 2.31 bits per heavy atom. The van der Waals surface area contributed by atoms with Crippen LogP contribution < -0.4 is 5.56 Å². The summed E-state index contributed by atoms with van der Waals surface area (Å²) in [5, 5.41) is 13.7. The Morgan fingerprint density at radius 2 is 1.64 bits per heavy atom. The number of carboxylic acid groups (broad SMARTS) is 1. The zero-order chi connectivity index (χ0) is 26.9. The second kappa shape index (κ2) is 11.4. The summed E-state index contributed by atoms with van der Waals surface area (Å²) < 4.78 is 6.76. The molecule has 0 unspecified atom stereocenters. The van der Waals surface area contributed by atoms with E-state index in [1.54, 1.807) is 0 Å². The van der Waals surface area contributed by atoms with Crippen molar-refractivity contribution in [1.82, 2.24) is 14.5 Å². The third kappa shape index (κ3) is 5.23. The molecule has 39 heavy (non-hydrogen) atoms. The van der Waals surface area contributed by atoms with Crippen molar-refractivity contribution in [2.75, 3.05) is 20.3 Å². The van der Waals surface area contributed by atoms with Crippen molar-refractivity contribution < 1.29 is 19.5 Å². The molecule has 4 fully saturated rings. The zero-order valence-corrected chi connectivity index (χ0v) is 22.8. The van der Waals surface area contributed by atoms with Gasteiger partial charge in [-0.25, -0.2) is 9.78 Å². The van der Waals surface area contributed by atoms with Crippen LogP contribution in [0.4, 0.5) is 0 Å². The molecule has 1 aromatic carbocycles. The number of para-hydroxylation sites is 2. The molecule has 4 aliphatic rings. The van der Waals surface area contributed by atoms with Crippen LogP contribution in [0.15, 0.2) is 34.2 Å². The molecule has 3 heterocycles. The summed E-state index contributed by atoms with van der Waals surface area (Å²) in [5.74, 6) is 0.414. The predicted molar refractivity (Wildman–Crippen MR) is 148 cm³/mol. The third-order valence-corrected chi connectivity index (χ3v) is 9.66. The molecule has 1 aromatic heterocycles. The quantitative estimate of drug-likeness (QED) is 0.303. The van der Waals surface area contributed by atoms with E-state index in [2.05, 4.69) is 15.0 Å². The molecule has 0 spiro atoms. The van der Waals surface area contributed by atoms with Crippen LogP contribution in [0.2, 0.25) is 0 Å². The second-order valence-corrected chi connectivity index (χ2v) is 12.0. The van der Waals surface area contributed by atoms with Gasteiger partial charge in [0.25, 0.3) is 5.56 Å². The summed E-state index contributed by atoms with van der Waals surface area (Å²) >= 11 is 0. The smallest absolute Gasteiger partial charge is 0.360 e. The molecular weight excluding hydrogens is 496 g/mol. The maximum absolute atomic E-state index is 14.0. The largest absolute Gasteiger partial charge is 0.476 e. The molecular formula is C30H40N4O5. The number of hydrogen-bond donors (Lipinski definition) is 1. The van der Waals surface area contributed by atoms with Crippen molar-refractivity contribution in [2.24, 2.45) is 17.0 Å². The van der Waals surface area contributed by atoms with Gasteiger partial charge in [-0.2, -0.15) is 0 Å².